The van der Waals surface area contributed by atoms with Gasteiger partial charge in [-0.3, -0.25) is 9.69 Å². The number of nitrogens with zero attached hydrogens (tertiary/aromatic N) is 4. The number of carbonyl (C=O) groups excluding carboxylic acids is 1. The maximum Gasteiger partial charge on any atom is 0.229 e. The number of fused-ring (bicyclic) bond motifs is 1. The van der Waals surface area contributed by atoms with Crippen molar-refractivity contribution in [3.63, 3.8) is 0 Å². The fourth-order valence-corrected chi connectivity index (χ4v) is 5.50. The van der Waals surface area contributed by atoms with Crippen LogP contribution in [0.2, 0.25) is 5.02 Å². The first-order valence-electron chi connectivity index (χ1n) is 10.7. The molecule has 8 heteroatoms. The van der Waals surface area contributed by atoms with Crippen molar-refractivity contribution in [2.75, 3.05) is 17.2 Å². The second-order valence-corrected chi connectivity index (χ2v) is 9.98. The van der Waals surface area contributed by atoms with Crippen LogP contribution in [0.25, 0.3) is 10.2 Å². The molecule has 2 aromatic heterocycles. The van der Waals surface area contributed by atoms with Crippen molar-refractivity contribution in [1.29, 1.82) is 0 Å². The van der Waals surface area contributed by atoms with Gasteiger partial charge >= 0.3 is 0 Å². The zero-order chi connectivity index (χ0) is 22.3. The molecule has 0 aliphatic heterocycles. The Morgan fingerprint density at radius 3 is 2.81 bits per heavy atom. The van der Waals surface area contributed by atoms with Crippen molar-refractivity contribution in [3.05, 3.63) is 71.8 Å². The molecule has 0 radical (unpaired) electrons. The summed E-state index contributed by atoms with van der Waals surface area (Å²) >= 11 is 9.23. The summed E-state index contributed by atoms with van der Waals surface area (Å²) in [4.78, 5) is 25.2. The first-order valence-corrected chi connectivity index (χ1v) is 12.8. The number of para-hydroxylation sites is 1. The smallest absolute Gasteiger partial charge is 0.229 e. The number of carbonyl (C=O) groups is 1. The number of aryl methyl sites for hydroxylation is 2. The number of amides is 1. The Hall–Kier alpha value is -2.35. The van der Waals surface area contributed by atoms with Gasteiger partial charge in [-0.2, -0.15) is 0 Å². The van der Waals surface area contributed by atoms with Crippen molar-refractivity contribution in [1.82, 2.24) is 14.5 Å². The largest absolute Gasteiger partial charge is 0.337 e. The van der Waals surface area contributed by atoms with Gasteiger partial charge in [0.05, 0.1) is 16.5 Å². The third-order valence-electron chi connectivity index (χ3n) is 5.16. The van der Waals surface area contributed by atoms with Crippen molar-refractivity contribution in [3.8, 4) is 0 Å². The van der Waals surface area contributed by atoms with Gasteiger partial charge in [-0.05, 0) is 48.7 Å². The third-order valence-corrected chi connectivity index (χ3v) is 7.47. The lowest BCUT2D eigenvalue weighted by Gasteiger charge is -2.20. The molecular weight excluding hydrogens is 460 g/mol. The second-order valence-electron chi connectivity index (χ2n) is 7.37. The summed E-state index contributed by atoms with van der Waals surface area (Å²) in [6.07, 6.45) is 7.74. The topological polar surface area (TPSA) is 51.0 Å². The molecule has 0 aliphatic carbocycles. The van der Waals surface area contributed by atoms with E-state index in [4.69, 9.17) is 16.6 Å². The molecule has 0 saturated heterocycles. The highest BCUT2D eigenvalue weighted by Crippen LogP contribution is 2.32. The molecule has 0 unspecified atom stereocenters. The molecule has 4 rings (SSSR count). The zero-order valence-electron chi connectivity index (χ0n) is 17.9. The van der Waals surface area contributed by atoms with E-state index in [9.17, 15) is 4.79 Å². The van der Waals surface area contributed by atoms with Crippen LogP contribution in [0.5, 0.6) is 0 Å². The minimum absolute atomic E-state index is 0.106. The van der Waals surface area contributed by atoms with Gasteiger partial charge < -0.3 is 4.57 Å². The first-order chi connectivity index (χ1) is 15.6. The van der Waals surface area contributed by atoms with E-state index < -0.39 is 0 Å². The number of aromatic nitrogens is 3. The van der Waals surface area contributed by atoms with E-state index in [-0.39, 0.29) is 5.91 Å². The number of hydrogen-bond donors (Lipinski definition) is 0. The number of thiazole rings is 1. The summed E-state index contributed by atoms with van der Waals surface area (Å²) in [5.74, 6) is 0.818. The molecule has 1 amide bonds. The van der Waals surface area contributed by atoms with E-state index in [0.717, 1.165) is 44.7 Å². The fourth-order valence-electron chi connectivity index (χ4n) is 3.47. The predicted molar refractivity (Wildman–Crippen MR) is 135 cm³/mol. The lowest BCUT2D eigenvalue weighted by molar-refractivity contribution is -0.118. The van der Waals surface area contributed by atoms with Crippen LogP contribution in [-0.2, 0) is 17.8 Å². The van der Waals surface area contributed by atoms with Crippen LogP contribution in [0.15, 0.2) is 66.1 Å². The minimum atomic E-state index is 0.106. The molecule has 0 bridgehead atoms. The van der Waals surface area contributed by atoms with Gasteiger partial charge in [0.25, 0.3) is 0 Å². The highest BCUT2D eigenvalue weighted by molar-refractivity contribution is 7.99. The average Bonchev–Trinajstić information content (AvgIpc) is 3.47. The Morgan fingerprint density at radius 1 is 1.22 bits per heavy atom. The van der Waals surface area contributed by atoms with Crippen LogP contribution in [0.1, 0.15) is 25.3 Å². The zero-order valence-corrected chi connectivity index (χ0v) is 20.3. The number of thioether (sulfide) groups is 1. The highest BCUT2D eigenvalue weighted by atomic mass is 35.5. The normalized spacial score (nSPS) is 11.2. The second kappa shape index (κ2) is 11.0. The monoisotopic (exact) mass is 484 g/mol. The first kappa shape index (κ1) is 22.8. The van der Waals surface area contributed by atoms with Gasteiger partial charge in [-0.15, -0.1) is 11.8 Å². The molecule has 0 saturated carbocycles. The number of rotatable bonds is 10. The predicted octanol–water partition coefficient (Wildman–Crippen LogP) is 6.31. The van der Waals surface area contributed by atoms with Crippen LogP contribution < -0.4 is 4.90 Å². The molecule has 5 nitrogen and oxygen atoms in total. The Kier molecular flexibility index (Phi) is 7.84. The van der Waals surface area contributed by atoms with Crippen molar-refractivity contribution >= 4 is 56.0 Å². The molecule has 4 aromatic rings. The van der Waals surface area contributed by atoms with E-state index in [1.54, 1.807) is 35.6 Å². The van der Waals surface area contributed by atoms with Crippen LogP contribution in [-0.4, -0.2) is 32.7 Å². The Balaban J connectivity index is 1.47. The Labute approximate surface area is 201 Å². The van der Waals surface area contributed by atoms with E-state index >= 15 is 0 Å². The molecule has 166 valence electrons. The molecule has 0 spiro atoms. The van der Waals surface area contributed by atoms with E-state index in [0.29, 0.717) is 18.7 Å². The summed E-state index contributed by atoms with van der Waals surface area (Å²) in [6.45, 7) is 3.58. The van der Waals surface area contributed by atoms with Gasteiger partial charge in [0.15, 0.2) is 5.13 Å². The lowest BCUT2D eigenvalue weighted by Crippen LogP contribution is -2.32. The fraction of sp³-hybridized carbons (Fsp3) is 0.292. The number of anilines is 1. The SMILES string of the molecule is CCc1cccc2sc(N(CCCn3ccnc3)C(=O)CCSc3ccc(Cl)cc3)nc12. The number of benzene rings is 2. The van der Waals surface area contributed by atoms with Gasteiger partial charge in [-0.25, -0.2) is 9.97 Å². The molecule has 0 N–H and O–H groups in total. The lowest BCUT2D eigenvalue weighted by atomic mass is 10.1. The van der Waals surface area contributed by atoms with Gasteiger partial charge in [0.1, 0.15) is 0 Å². The third kappa shape index (κ3) is 5.71. The van der Waals surface area contributed by atoms with Gasteiger partial charge in [-0.1, -0.05) is 42.0 Å². The number of imidazole rings is 1. The van der Waals surface area contributed by atoms with Crippen LogP contribution in [0, 0.1) is 0 Å². The van der Waals surface area contributed by atoms with E-state index in [1.165, 1.54) is 5.56 Å². The Morgan fingerprint density at radius 2 is 2.06 bits per heavy atom. The van der Waals surface area contributed by atoms with Crippen LogP contribution in [0.3, 0.4) is 0 Å². The molecule has 0 atom stereocenters. The molecule has 0 fully saturated rings. The summed E-state index contributed by atoms with van der Waals surface area (Å²) in [5, 5.41) is 1.50. The van der Waals surface area contributed by atoms with Crippen molar-refractivity contribution in [2.45, 2.75) is 37.6 Å². The van der Waals surface area contributed by atoms with E-state index in [2.05, 4.69) is 30.1 Å². The van der Waals surface area contributed by atoms with Crippen LogP contribution >= 0.6 is 34.7 Å². The maximum absolute atomic E-state index is 13.3. The van der Waals surface area contributed by atoms with Gasteiger partial charge in [0.2, 0.25) is 5.91 Å². The van der Waals surface area contributed by atoms with Crippen molar-refractivity contribution < 1.29 is 4.79 Å². The van der Waals surface area contributed by atoms with Crippen LogP contribution in [0.4, 0.5) is 5.13 Å². The quantitative estimate of drug-likeness (QED) is 0.247. The number of halogens is 1. The molecule has 2 aromatic carbocycles. The summed E-state index contributed by atoms with van der Waals surface area (Å²) in [5.41, 5.74) is 2.23. The molecule has 0 aliphatic rings. The standard InChI is InChI=1S/C24H25ClN4OS2/c1-2-18-5-3-6-21-23(18)27-24(32-21)29(14-4-13-28-15-12-26-17-28)22(30)11-16-31-20-9-7-19(25)8-10-20/h3,5-10,12,15,17H,2,4,11,13-14,16H2,1H3. The van der Waals surface area contributed by atoms with Crippen molar-refractivity contribution in [2.24, 2.45) is 0 Å². The van der Waals surface area contributed by atoms with Gasteiger partial charge in [0, 0.05) is 47.6 Å². The summed E-state index contributed by atoms with van der Waals surface area (Å²) < 4.78 is 3.16. The molecule has 32 heavy (non-hydrogen) atoms. The molecular formula is C24H25ClN4OS2. The molecule has 2 heterocycles. The average molecular weight is 485 g/mol. The minimum Gasteiger partial charge on any atom is -0.337 e. The maximum atomic E-state index is 13.3. The summed E-state index contributed by atoms with van der Waals surface area (Å²) in [6, 6.07) is 14.0. The summed E-state index contributed by atoms with van der Waals surface area (Å²) in [7, 11) is 0. The van der Waals surface area contributed by atoms with E-state index in [1.807, 2.05) is 39.9 Å². The number of hydrogen-bond acceptors (Lipinski definition) is 5. The highest BCUT2D eigenvalue weighted by Gasteiger charge is 2.20. The Bertz CT molecular complexity index is 1160.